The molecule has 0 unspecified atom stereocenters. The molecule has 0 aliphatic carbocycles. The fourth-order valence-corrected chi connectivity index (χ4v) is 5.51. The fraction of sp³-hybridized carbons (Fsp3) is 0.0811. The maximum atomic E-state index is 10.8. The summed E-state index contributed by atoms with van der Waals surface area (Å²) in [6.45, 7) is 4.38. The molecule has 1 N–H and O–H groups in total. The molecular formula is C37H29N4OPt-. The molecule has 214 valence electrons. The molecular weight excluding hydrogens is 712 g/mol. The van der Waals surface area contributed by atoms with E-state index in [-0.39, 0.29) is 26.8 Å². The summed E-state index contributed by atoms with van der Waals surface area (Å²) < 4.78 is 2.03. The van der Waals surface area contributed by atoms with Crippen molar-refractivity contribution in [1.29, 1.82) is 0 Å². The molecule has 0 atom stereocenters. The Balaban J connectivity index is 0.00000329. The van der Waals surface area contributed by atoms with Crippen molar-refractivity contribution in [1.82, 2.24) is 14.5 Å². The number of hydrogen-bond donors (Lipinski definition) is 1. The number of aromatic nitrogens is 3. The van der Waals surface area contributed by atoms with Gasteiger partial charge in [0.15, 0.2) is 0 Å². The summed E-state index contributed by atoms with van der Waals surface area (Å²) in [5.74, 6) is 1.42. The summed E-state index contributed by atoms with van der Waals surface area (Å²) in [5.41, 5.74) is 7.21. The zero-order chi connectivity index (χ0) is 28.6. The van der Waals surface area contributed by atoms with Crippen molar-refractivity contribution < 1.29 is 26.2 Å². The number of phenols is 1. The van der Waals surface area contributed by atoms with Gasteiger partial charge in [0.2, 0.25) is 0 Å². The number of pyridine rings is 2. The van der Waals surface area contributed by atoms with Crippen molar-refractivity contribution in [2.24, 2.45) is 0 Å². The molecule has 3 aromatic heterocycles. The predicted molar refractivity (Wildman–Crippen MR) is 171 cm³/mol. The molecule has 0 saturated carbocycles. The first-order valence-electron chi connectivity index (χ1n) is 14.1. The number of anilines is 3. The zero-order valence-electron chi connectivity index (χ0n) is 23.8. The number of rotatable bonds is 6. The molecule has 0 aliphatic heterocycles. The third-order valence-electron chi connectivity index (χ3n) is 7.62. The van der Waals surface area contributed by atoms with Gasteiger partial charge in [-0.15, -0.1) is 29.8 Å². The molecule has 4 aromatic carbocycles. The number of benzene rings is 4. The summed E-state index contributed by atoms with van der Waals surface area (Å²) in [5, 5.41) is 12.9. The molecule has 0 spiro atoms. The fourth-order valence-electron chi connectivity index (χ4n) is 5.51. The van der Waals surface area contributed by atoms with Crippen LogP contribution in [0.15, 0.2) is 128 Å². The van der Waals surface area contributed by atoms with Gasteiger partial charge >= 0.3 is 0 Å². The van der Waals surface area contributed by atoms with Crippen molar-refractivity contribution in [3.8, 4) is 22.7 Å². The van der Waals surface area contributed by atoms with Gasteiger partial charge in [0.05, 0.1) is 11.2 Å². The maximum Gasteiger partial charge on any atom is 0.139 e. The third-order valence-corrected chi connectivity index (χ3v) is 7.62. The molecule has 0 bridgehead atoms. The average molecular weight is 741 g/mol. The minimum absolute atomic E-state index is 0. The van der Waals surface area contributed by atoms with Gasteiger partial charge in [0.1, 0.15) is 17.2 Å². The summed E-state index contributed by atoms with van der Waals surface area (Å²) >= 11 is 0. The number of aromatic hydroxyl groups is 1. The van der Waals surface area contributed by atoms with Crippen LogP contribution in [-0.2, 0) is 21.1 Å². The topological polar surface area (TPSA) is 54.2 Å². The van der Waals surface area contributed by atoms with Gasteiger partial charge in [0.25, 0.3) is 0 Å². The van der Waals surface area contributed by atoms with Crippen LogP contribution in [0.25, 0.3) is 38.9 Å². The van der Waals surface area contributed by atoms with E-state index in [0.717, 1.165) is 50.4 Å². The molecule has 0 amide bonds. The van der Waals surface area contributed by atoms with E-state index in [2.05, 4.69) is 73.3 Å². The molecule has 0 aliphatic rings. The maximum absolute atomic E-state index is 10.8. The summed E-state index contributed by atoms with van der Waals surface area (Å²) in [6, 6.07) is 44.0. The van der Waals surface area contributed by atoms with Crippen LogP contribution in [0.2, 0.25) is 0 Å². The predicted octanol–water partition coefficient (Wildman–Crippen LogP) is 9.34. The second-order valence-electron chi connectivity index (χ2n) is 10.6. The minimum Gasteiger partial charge on any atom is -0.506 e. The van der Waals surface area contributed by atoms with Gasteiger partial charge < -0.3 is 10.0 Å². The standard InChI is InChI=1S/C37H29N4O.Pt/c1-25(2)26-21-22-38-36(24-26)40(28-12-4-3-5-13-28)29-14-10-11-27(23-29)32-20-19-31-30-15-6-7-16-33(30)41(37(31)39-32)34-17-8-9-18-35(34)42;/h3-22,24-25,42H,1-2H3;/q-1;. The van der Waals surface area contributed by atoms with Crippen molar-refractivity contribution in [2.45, 2.75) is 19.8 Å². The summed E-state index contributed by atoms with van der Waals surface area (Å²) in [7, 11) is 0. The molecule has 7 rings (SSSR count). The van der Waals surface area contributed by atoms with E-state index in [1.807, 2.05) is 77.5 Å². The largest absolute Gasteiger partial charge is 0.506 e. The Morgan fingerprint density at radius 2 is 1.53 bits per heavy atom. The zero-order valence-corrected chi connectivity index (χ0v) is 26.0. The van der Waals surface area contributed by atoms with Crippen molar-refractivity contribution >= 4 is 39.1 Å². The molecule has 0 fully saturated rings. The van der Waals surface area contributed by atoms with E-state index in [0.29, 0.717) is 11.6 Å². The molecule has 3 heterocycles. The molecule has 6 heteroatoms. The van der Waals surface area contributed by atoms with Crippen LogP contribution < -0.4 is 4.90 Å². The van der Waals surface area contributed by atoms with E-state index in [1.54, 1.807) is 6.07 Å². The van der Waals surface area contributed by atoms with E-state index >= 15 is 0 Å². The second-order valence-corrected chi connectivity index (χ2v) is 10.6. The monoisotopic (exact) mass is 740 g/mol. The molecule has 5 nitrogen and oxygen atoms in total. The summed E-state index contributed by atoms with van der Waals surface area (Å²) in [4.78, 5) is 12.1. The van der Waals surface area contributed by atoms with E-state index < -0.39 is 0 Å². The van der Waals surface area contributed by atoms with Crippen molar-refractivity contribution in [3.05, 3.63) is 139 Å². The Morgan fingerprint density at radius 1 is 0.767 bits per heavy atom. The minimum atomic E-state index is 0. The van der Waals surface area contributed by atoms with Crippen LogP contribution in [0.4, 0.5) is 17.2 Å². The summed E-state index contributed by atoms with van der Waals surface area (Å²) in [6.07, 6.45) is 1.87. The van der Waals surface area contributed by atoms with E-state index in [9.17, 15) is 5.11 Å². The normalized spacial score (nSPS) is 11.1. The van der Waals surface area contributed by atoms with E-state index in [4.69, 9.17) is 9.97 Å². The quantitative estimate of drug-likeness (QED) is 0.173. The number of nitrogens with zero attached hydrogens (tertiary/aromatic N) is 4. The Labute approximate surface area is 265 Å². The van der Waals surface area contributed by atoms with Gasteiger partial charge in [-0.3, -0.25) is 9.55 Å². The van der Waals surface area contributed by atoms with E-state index in [1.165, 1.54) is 5.56 Å². The first-order valence-corrected chi connectivity index (χ1v) is 14.1. The SMILES string of the molecule is CC(C)c1ccnc(N(c2[c-]c(-c3ccc4c5ccccc5n(-c5ccccc5O)c4n3)ccc2)c2ccccc2)c1.[Pt]. The second kappa shape index (κ2) is 11.9. The molecule has 43 heavy (non-hydrogen) atoms. The number of hydrogen-bond acceptors (Lipinski definition) is 4. The average Bonchev–Trinajstić information content (AvgIpc) is 3.36. The van der Waals surface area contributed by atoms with Gasteiger partial charge in [0, 0.05) is 43.7 Å². The Bertz CT molecular complexity index is 2050. The van der Waals surface area contributed by atoms with Crippen LogP contribution in [-0.4, -0.2) is 19.6 Å². The van der Waals surface area contributed by atoms with Crippen LogP contribution >= 0.6 is 0 Å². The Hall–Kier alpha value is -4.73. The number of fused-ring (bicyclic) bond motifs is 3. The molecule has 0 saturated heterocycles. The third kappa shape index (κ3) is 5.22. The Morgan fingerprint density at radius 3 is 2.35 bits per heavy atom. The first kappa shape index (κ1) is 28.4. The van der Waals surface area contributed by atoms with Gasteiger partial charge in [-0.05, 0) is 65.3 Å². The van der Waals surface area contributed by atoms with Gasteiger partial charge in [-0.1, -0.05) is 74.5 Å². The Kier molecular flexibility index (Phi) is 7.84. The van der Waals surface area contributed by atoms with Crippen molar-refractivity contribution in [2.75, 3.05) is 4.90 Å². The first-order chi connectivity index (χ1) is 20.6. The van der Waals surface area contributed by atoms with Crippen LogP contribution in [0.5, 0.6) is 5.75 Å². The molecule has 0 radical (unpaired) electrons. The molecule has 7 aromatic rings. The van der Waals surface area contributed by atoms with Crippen LogP contribution in [0.1, 0.15) is 25.3 Å². The smallest absolute Gasteiger partial charge is 0.139 e. The number of phenolic OH excluding ortho intramolecular Hbond substituents is 1. The van der Waals surface area contributed by atoms with Crippen molar-refractivity contribution in [3.63, 3.8) is 0 Å². The van der Waals surface area contributed by atoms with Gasteiger partial charge in [-0.25, -0.2) is 4.98 Å². The van der Waals surface area contributed by atoms with Crippen LogP contribution in [0, 0.1) is 6.07 Å². The van der Waals surface area contributed by atoms with Crippen LogP contribution in [0.3, 0.4) is 0 Å². The number of para-hydroxylation sites is 4. The van der Waals surface area contributed by atoms with Gasteiger partial charge in [-0.2, -0.15) is 0 Å².